The molecule has 21 heavy (non-hydrogen) atoms. The van der Waals surface area contributed by atoms with Crippen LogP contribution in [0.15, 0.2) is 0 Å². The van der Waals surface area contributed by atoms with Crippen molar-refractivity contribution in [1.82, 2.24) is 0 Å². The first-order chi connectivity index (χ1) is 6.93. The van der Waals surface area contributed by atoms with E-state index in [0.29, 0.717) is 0 Å². The standard InChI is InChI=1S/4C2H4O2.4H2O.Pb/c4*1-2(3)4;;;;;/h4*1H3,(H,3,4);4*1H2;/q;;;;;;;;+4/p-4. The fraction of sp³-hybridized carbons (Fsp3) is 0.500. The van der Waals surface area contributed by atoms with E-state index in [1.807, 2.05) is 0 Å². The average Bonchev–Trinajstić information content (AvgIpc) is 1.76. The Balaban J connectivity index is -0.0000000121. The third kappa shape index (κ3) is 2800. The quantitative estimate of drug-likeness (QED) is 0.278. The third-order valence-corrected chi connectivity index (χ3v) is 0. The number of carboxylic acid groups (broad SMARTS) is 4. The molecule has 0 saturated carbocycles. The molecule has 0 aliphatic heterocycles. The van der Waals surface area contributed by atoms with Gasteiger partial charge < -0.3 is 61.5 Å². The molecule has 0 aromatic heterocycles. The van der Waals surface area contributed by atoms with Crippen LogP contribution in [0.5, 0.6) is 0 Å². The molecule has 0 radical (unpaired) electrons. The molecule has 0 amide bonds. The van der Waals surface area contributed by atoms with E-state index in [-0.39, 0.29) is 49.2 Å². The van der Waals surface area contributed by atoms with Crippen LogP contribution in [-0.2, 0) is 19.2 Å². The van der Waals surface area contributed by atoms with Crippen molar-refractivity contribution in [2.24, 2.45) is 0 Å². The predicted octanol–water partition coefficient (Wildman–Crippen LogP) is -8.65. The van der Waals surface area contributed by atoms with Gasteiger partial charge in [-0.3, -0.25) is 0 Å². The summed E-state index contributed by atoms with van der Waals surface area (Å²) in [4.78, 5) is 35.6. The van der Waals surface area contributed by atoms with Crippen molar-refractivity contribution in [2.45, 2.75) is 27.7 Å². The van der Waals surface area contributed by atoms with Crippen molar-refractivity contribution in [2.75, 3.05) is 0 Å². The molecule has 8 N–H and O–H groups in total. The Morgan fingerprint density at radius 2 is 0.476 bits per heavy atom. The van der Waals surface area contributed by atoms with Gasteiger partial charge >= 0.3 is 27.3 Å². The van der Waals surface area contributed by atoms with E-state index in [2.05, 4.69) is 0 Å². The van der Waals surface area contributed by atoms with Crippen LogP contribution in [0.3, 0.4) is 0 Å². The number of carboxylic acids is 4. The molecule has 0 fully saturated rings. The maximum absolute atomic E-state index is 8.89. The Kier molecular flexibility index (Phi) is 147. The minimum Gasteiger partial charge on any atom is -0.550 e. The molecule has 0 unspecified atom stereocenters. The number of aliphatic carboxylic acids is 4. The molecule has 0 rings (SSSR count). The molecule has 12 nitrogen and oxygen atoms in total. The normalized spacial score (nSPS) is 4.76. The number of carbonyl (C=O) groups is 4. The molecular weight excluding hydrogens is 495 g/mol. The number of hydrogen-bond donors (Lipinski definition) is 0. The molecule has 0 saturated heterocycles. The van der Waals surface area contributed by atoms with E-state index >= 15 is 0 Å². The zero-order chi connectivity index (χ0) is 14.3. The zero-order valence-corrected chi connectivity index (χ0v) is 15.7. The zero-order valence-electron chi connectivity index (χ0n) is 11.8. The van der Waals surface area contributed by atoms with E-state index < -0.39 is 23.9 Å². The van der Waals surface area contributed by atoms with Crippen LogP contribution < -0.4 is 20.4 Å². The molecular formula is C8H20O12Pb. The van der Waals surface area contributed by atoms with Crippen molar-refractivity contribution in [3.63, 3.8) is 0 Å². The molecule has 0 bridgehead atoms. The number of rotatable bonds is 0. The van der Waals surface area contributed by atoms with Crippen LogP contribution in [0.25, 0.3) is 0 Å². The van der Waals surface area contributed by atoms with E-state index in [1.165, 1.54) is 0 Å². The van der Waals surface area contributed by atoms with E-state index in [0.717, 1.165) is 27.7 Å². The van der Waals surface area contributed by atoms with Gasteiger partial charge in [-0.2, -0.15) is 0 Å². The van der Waals surface area contributed by atoms with Gasteiger partial charge in [-0.05, 0) is 27.7 Å². The SMILES string of the molecule is CC(=O)[O-].CC(=O)[O-].CC(=O)[O-].CC(=O)[O-].O.O.O.O.[Pb+4]. The number of carbonyl (C=O) groups excluding carboxylic acids is 4. The van der Waals surface area contributed by atoms with Gasteiger partial charge in [0.2, 0.25) is 0 Å². The van der Waals surface area contributed by atoms with Crippen LogP contribution >= 0.6 is 0 Å². The fourth-order valence-corrected chi connectivity index (χ4v) is 0. The largest absolute Gasteiger partial charge is 4.00 e. The Morgan fingerprint density at radius 3 is 0.476 bits per heavy atom. The smallest absolute Gasteiger partial charge is 0.550 e. The maximum Gasteiger partial charge on any atom is 4.00 e. The summed E-state index contributed by atoms with van der Waals surface area (Å²) in [5.74, 6) is -4.33. The van der Waals surface area contributed by atoms with Crippen LogP contribution in [0.2, 0.25) is 0 Å². The van der Waals surface area contributed by atoms with Crippen molar-refractivity contribution in [1.29, 1.82) is 0 Å². The monoisotopic (exact) mass is 516 g/mol. The van der Waals surface area contributed by atoms with Gasteiger partial charge in [-0.1, -0.05) is 0 Å². The molecule has 0 aliphatic rings. The van der Waals surface area contributed by atoms with E-state index in [1.54, 1.807) is 0 Å². The van der Waals surface area contributed by atoms with Crippen LogP contribution in [-0.4, -0.2) is 73.1 Å². The summed E-state index contributed by atoms with van der Waals surface area (Å²) in [6.07, 6.45) is 0. The summed E-state index contributed by atoms with van der Waals surface area (Å²) in [7, 11) is 0. The number of hydrogen-bond acceptors (Lipinski definition) is 8. The molecule has 0 heterocycles. The van der Waals surface area contributed by atoms with Crippen LogP contribution in [0.1, 0.15) is 27.7 Å². The van der Waals surface area contributed by atoms with Crippen LogP contribution in [0.4, 0.5) is 0 Å². The van der Waals surface area contributed by atoms with Crippen LogP contribution in [0, 0.1) is 0 Å². The first-order valence-electron chi connectivity index (χ1n) is 3.63. The van der Waals surface area contributed by atoms with Gasteiger partial charge in [-0.15, -0.1) is 0 Å². The Hall–Kier alpha value is -1.36. The Labute approximate surface area is 140 Å². The van der Waals surface area contributed by atoms with Gasteiger partial charge in [0.1, 0.15) is 0 Å². The van der Waals surface area contributed by atoms with E-state index in [4.69, 9.17) is 39.6 Å². The molecule has 0 atom stereocenters. The topological polar surface area (TPSA) is 287 Å². The molecule has 0 aromatic carbocycles. The van der Waals surface area contributed by atoms with E-state index in [9.17, 15) is 0 Å². The van der Waals surface area contributed by atoms with Crippen molar-refractivity contribution >= 4 is 51.2 Å². The van der Waals surface area contributed by atoms with Gasteiger partial charge in [0, 0.05) is 23.9 Å². The summed E-state index contributed by atoms with van der Waals surface area (Å²) in [5.41, 5.74) is 0. The molecule has 0 aromatic rings. The van der Waals surface area contributed by atoms with Gasteiger partial charge in [0.15, 0.2) is 0 Å². The van der Waals surface area contributed by atoms with Crippen molar-refractivity contribution in [3.05, 3.63) is 0 Å². The molecule has 128 valence electrons. The van der Waals surface area contributed by atoms with Crippen molar-refractivity contribution < 1.29 is 61.5 Å². The third-order valence-electron chi connectivity index (χ3n) is 0. The minimum atomic E-state index is -1.08. The minimum absolute atomic E-state index is 0. The molecule has 0 aliphatic carbocycles. The van der Waals surface area contributed by atoms with Gasteiger partial charge in [0.05, 0.1) is 0 Å². The first-order valence-corrected chi connectivity index (χ1v) is 3.63. The average molecular weight is 515 g/mol. The van der Waals surface area contributed by atoms with Crippen molar-refractivity contribution in [3.8, 4) is 0 Å². The first kappa shape index (κ1) is 60.3. The summed E-state index contributed by atoms with van der Waals surface area (Å²) >= 11 is 0. The van der Waals surface area contributed by atoms with Gasteiger partial charge in [0.25, 0.3) is 0 Å². The molecule has 0 spiro atoms. The van der Waals surface area contributed by atoms with Gasteiger partial charge in [-0.25, -0.2) is 0 Å². The predicted molar refractivity (Wildman–Crippen MR) is 62.9 cm³/mol. The fourth-order valence-electron chi connectivity index (χ4n) is 0. The summed E-state index contributed by atoms with van der Waals surface area (Å²) in [6, 6.07) is 0. The summed E-state index contributed by atoms with van der Waals surface area (Å²) < 4.78 is 0. The second-order valence-corrected chi connectivity index (χ2v) is 1.97. The summed E-state index contributed by atoms with van der Waals surface area (Å²) in [5, 5.41) is 35.6. The maximum atomic E-state index is 8.89. The summed E-state index contributed by atoms with van der Waals surface area (Å²) in [6.45, 7) is 3.89. The molecule has 13 heteroatoms. The second kappa shape index (κ2) is 51.2. The second-order valence-electron chi connectivity index (χ2n) is 1.97. The Bertz CT molecular complexity index is 165. The Morgan fingerprint density at radius 1 is 0.476 bits per heavy atom.